The van der Waals surface area contributed by atoms with Crippen molar-refractivity contribution in [1.29, 1.82) is 5.26 Å². The molecule has 0 saturated heterocycles. The van der Waals surface area contributed by atoms with Crippen LogP contribution in [-0.2, 0) is 14.3 Å². The van der Waals surface area contributed by atoms with E-state index in [2.05, 4.69) is 0 Å². The van der Waals surface area contributed by atoms with Crippen LogP contribution in [0.2, 0.25) is 0 Å². The molecule has 0 unspecified atom stereocenters. The van der Waals surface area contributed by atoms with Gasteiger partial charge < -0.3 is 9.47 Å². The molecule has 0 heterocycles. The number of allylic oxidation sites excluding steroid dienone is 1. The first-order valence-electron chi connectivity index (χ1n) is 4.64. The minimum atomic E-state index is -0.611. The molecule has 4 heteroatoms. The van der Waals surface area contributed by atoms with Crippen molar-refractivity contribution in [3.8, 4) is 6.07 Å². The summed E-state index contributed by atoms with van der Waals surface area (Å²) in [5, 5.41) is 8.76. The van der Waals surface area contributed by atoms with Crippen LogP contribution in [0.5, 0.6) is 0 Å². The van der Waals surface area contributed by atoms with Crippen LogP contribution in [0.25, 0.3) is 0 Å². The van der Waals surface area contributed by atoms with E-state index in [1.54, 1.807) is 19.9 Å². The highest BCUT2D eigenvalue weighted by molar-refractivity contribution is 5.93. The maximum atomic E-state index is 11.3. The van der Waals surface area contributed by atoms with E-state index in [0.717, 1.165) is 0 Å². The second kappa shape index (κ2) is 6.96. The molecular weight excluding hydrogens is 182 g/mol. The van der Waals surface area contributed by atoms with Gasteiger partial charge in [-0.1, -0.05) is 6.92 Å². The molecule has 78 valence electrons. The maximum Gasteiger partial charge on any atom is 0.352 e. The number of ether oxygens (including phenoxy) is 2. The summed E-state index contributed by atoms with van der Waals surface area (Å²) in [5.41, 5.74) is -0.0313. The summed E-state index contributed by atoms with van der Waals surface area (Å²) >= 11 is 0. The fraction of sp³-hybridized carbons (Fsp3) is 0.600. The van der Waals surface area contributed by atoms with Crippen molar-refractivity contribution in [2.24, 2.45) is 0 Å². The molecular formula is C10H15NO3. The molecule has 0 bridgehead atoms. The zero-order chi connectivity index (χ0) is 11.0. The Morgan fingerprint density at radius 2 is 1.79 bits per heavy atom. The average molecular weight is 197 g/mol. The standard InChI is InChI=1S/C10H15NO3/c1-4-9(13-5-2)8(7-11)10(12)14-6-3/h4-6H2,1-3H3/b9-8-. The van der Waals surface area contributed by atoms with Crippen LogP contribution >= 0.6 is 0 Å². The summed E-state index contributed by atoms with van der Waals surface area (Å²) in [6, 6.07) is 1.80. The van der Waals surface area contributed by atoms with Gasteiger partial charge in [-0.25, -0.2) is 4.79 Å². The number of nitriles is 1. The summed E-state index contributed by atoms with van der Waals surface area (Å²) in [6.07, 6.45) is 0.509. The van der Waals surface area contributed by atoms with E-state index < -0.39 is 5.97 Å². The predicted molar refractivity (Wildman–Crippen MR) is 51.2 cm³/mol. The molecule has 0 aromatic rings. The number of nitrogens with zero attached hydrogens (tertiary/aromatic N) is 1. The van der Waals surface area contributed by atoms with E-state index in [4.69, 9.17) is 14.7 Å². The quantitative estimate of drug-likeness (QED) is 0.292. The van der Waals surface area contributed by atoms with E-state index in [1.807, 2.05) is 6.92 Å². The van der Waals surface area contributed by atoms with Crippen molar-refractivity contribution in [2.75, 3.05) is 13.2 Å². The van der Waals surface area contributed by atoms with E-state index in [9.17, 15) is 4.79 Å². The van der Waals surface area contributed by atoms with E-state index in [-0.39, 0.29) is 12.2 Å². The van der Waals surface area contributed by atoms with Gasteiger partial charge in [0.05, 0.1) is 13.2 Å². The predicted octanol–water partition coefficient (Wildman–Crippen LogP) is 1.77. The van der Waals surface area contributed by atoms with Crippen molar-refractivity contribution in [2.45, 2.75) is 27.2 Å². The Balaban J connectivity index is 4.80. The molecule has 0 aliphatic carbocycles. The molecule has 0 radical (unpaired) electrons. The lowest BCUT2D eigenvalue weighted by molar-refractivity contribution is -0.138. The van der Waals surface area contributed by atoms with E-state index in [1.165, 1.54) is 0 Å². The lowest BCUT2D eigenvalue weighted by Gasteiger charge is -2.08. The van der Waals surface area contributed by atoms with Gasteiger partial charge in [-0.3, -0.25) is 0 Å². The van der Waals surface area contributed by atoms with Crippen molar-refractivity contribution < 1.29 is 14.3 Å². The summed E-state index contributed by atoms with van der Waals surface area (Å²) in [7, 11) is 0. The Morgan fingerprint density at radius 1 is 1.21 bits per heavy atom. The van der Waals surface area contributed by atoms with Gasteiger partial charge in [0.1, 0.15) is 11.8 Å². The highest BCUT2D eigenvalue weighted by Crippen LogP contribution is 2.11. The van der Waals surface area contributed by atoms with Gasteiger partial charge in [0.15, 0.2) is 5.57 Å². The largest absolute Gasteiger partial charge is 0.497 e. The first-order valence-corrected chi connectivity index (χ1v) is 4.64. The molecule has 0 fully saturated rings. The number of hydrogen-bond donors (Lipinski definition) is 0. The Hall–Kier alpha value is -1.50. The lowest BCUT2D eigenvalue weighted by atomic mass is 10.2. The van der Waals surface area contributed by atoms with Gasteiger partial charge in [-0.05, 0) is 13.8 Å². The van der Waals surface area contributed by atoms with Crippen LogP contribution in [0.4, 0.5) is 0 Å². The van der Waals surface area contributed by atoms with Gasteiger partial charge in [0.25, 0.3) is 0 Å². The van der Waals surface area contributed by atoms with Crippen LogP contribution in [0.3, 0.4) is 0 Å². The highest BCUT2D eigenvalue weighted by Gasteiger charge is 2.16. The van der Waals surface area contributed by atoms with Crippen LogP contribution in [0.15, 0.2) is 11.3 Å². The van der Waals surface area contributed by atoms with Crippen molar-refractivity contribution in [3.63, 3.8) is 0 Å². The topological polar surface area (TPSA) is 59.3 Å². The third-order valence-corrected chi connectivity index (χ3v) is 1.51. The van der Waals surface area contributed by atoms with Crippen LogP contribution in [0.1, 0.15) is 27.2 Å². The van der Waals surface area contributed by atoms with Gasteiger partial charge in [0, 0.05) is 6.42 Å². The van der Waals surface area contributed by atoms with Crippen LogP contribution in [-0.4, -0.2) is 19.2 Å². The van der Waals surface area contributed by atoms with Gasteiger partial charge in [-0.2, -0.15) is 5.26 Å². The monoisotopic (exact) mass is 197 g/mol. The van der Waals surface area contributed by atoms with Crippen LogP contribution < -0.4 is 0 Å². The number of carbonyl (C=O) groups excluding carboxylic acids is 1. The highest BCUT2D eigenvalue weighted by atomic mass is 16.5. The molecule has 4 nitrogen and oxygen atoms in total. The van der Waals surface area contributed by atoms with Gasteiger partial charge in [0.2, 0.25) is 0 Å². The second-order valence-corrected chi connectivity index (χ2v) is 2.42. The minimum Gasteiger partial charge on any atom is -0.497 e. The SMILES string of the molecule is CCOC(=O)/C(C#N)=C(/CC)OCC. The first-order chi connectivity index (χ1) is 6.71. The third-order valence-electron chi connectivity index (χ3n) is 1.51. The second-order valence-electron chi connectivity index (χ2n) is 2.42. The summed E-state index contributed by atoms with van der Waals surface area (Å²) in [5.74, 6) is -0.214. The molecule has 0 aliphatic heterocycles. The zero-order valence-electron chi connectivity index (χ0n) is 8.79. The maximum absolute atomic E-state index is 11.3. The molecule has 0 atom stereocenters. The van der Waals surface area contributed by atoms with E-state index >= 15 is 0 Å². The van der Waals surface area contributed by atoms with Crippen molar-refractivity contribution >= 4 is 5.97 Å². The molecule has 14 heavy (non-hydrogen) atoms. The Bertz CT molecular complexity index is 263. The summed E-state index contributed by atoms with van der Waals surface area (Å²) in [6.45, 7) is 6.01. The summed E-state index contributed by atoms with van der Waals surface area (Å²) < 4.78 is 9.89. The molecule has 0 aromatic carbocycles. The Morgan fingerprint density at radius 3 is 2.14 bits per heavy atom. The normalized spacial score (nSPS) is 11.3. The number of carbonyl (C=O) groups is 1. The number of rotatable bonds is 5. The van der Waals surface area contributed by atoms with E-state index in [0.29, 0.717) is 18.8 Å². The minimum absolute atomic E-state index is 0.0313. The molecule has 0 amide bonds. The van der Waals surface area contributed by atoms with Crippen LogP contribution in [0, 0.1) is 11.3 Å². The average Bonchev–Trinajstić information content (AvgIpc) is 2.18. The number of esters is 1. The summed E-state index contributed by atoms with van der Waals surface area (Å²) in [4.78, 5) is 11.3. The molecule has 0 aliphatic rings. The van der Waals surface area contributed by atoms with Crippen molar-refractivity contribution in [1.82, 2.24) is 0 Å². The Labute approximate surface area is 84.1 Å². The number of hydrogen-bond acceptors (Lipinski definition) is 4. The molecule has 0 rings (SSSR count). The first kappa shape index (κ1) is 12.5. The third kappa shape index (κ3) is 3.48. The lowest BCUT2D eigenvalue weighted by Crippen LogP contribution is -2.10. The van der Waals surface area contributed by atoms with Crippen molar-refractivity contribution in [3.05, 3.63) is 11.3 Å². The van der Waals surface area contributed by atoms with Gasteiger partial charge >= 0.3 is 5.97 Å². The smallest absolute Gasteiger partial charge is 0.352 e. The van der Waals surface area contributed by atoms with Gasteiger partial charge in [-0.15, -0.1) is 0 Å². The zero-order valence-corrected chi connectivity index (χ0v) is 8.79. The fourth-order valence-electron chi connectivity index (χ4n) is 0.950. The molecule has 0 spiro atoms. The Kier molecular flexibility index (Phi) is 6.21. The molecule has 0 aromatic heterocycles. The fourth-order valence-corrected chi connectivity index (χ4v) is 0.950. The molecule has 0 saturated carbocycles. The molecule has 0 N–H and O–H groups in total.